The van der Waals surface area contributed by atoms with Crippen LogP contribution in [0.15, 0.2) is 28.5 Å². The fourth-order valence-electron chi connectivity index (χ4n) is 3.11. The predicted molar refractivity (Wildman–Crippen MR) is 103 cm³/mol. The highest BCUT2D eigenvalue weighted by molar-refractivity contribution is 7.94. The summed E-state index contributed by atoms with van der Waals surface area (Å²) >= 11 is 7.27. The number of nitrogens with zero attached hydrogens (tertiary/aromatic N) is 1. The van der Waals surface area contributed by atoms with Crippen molar-refractivity contribution in [3.8, 4) is 0 Å². The summed E-state index contributed by atoms with van der Waals surface area (Å²) in [4.78, 5) is 15.2. The van der Waals surface area contributed by atoms with Crippen LogP contribution >= 0.6 is 22.9 Å². The van der Waals surface area contributed by atoms with E-state index in [1.807, 2.05) is 11.8 Å². The van der Waals surface area contributed by atoms with Gasteiger partial charge in [0.25, 0.3) is 10.0 Å². The van der Waals surface area contributed by atoms with Crippen molar-refractivity contribution in [2.75, 3.05) is 11.3 Å². The molecular formula is C18H19ClN2O3S2. The largest absolute Gasteiger partial charge is 0.338 e. The number of nitrogens with one attached hydrogen (secondary N) is 1. The number of halogens is 1. The molecule has 0 bridgehead atoms. The molecule has 1 fully saturated rings. The SMILES string of the molecule is Cc1ccc(Cl)cc1NS(=O)(=O)c1cc2c(s1)CCN(C(=O)C1CC1)C2. The Bertz CT molecular complexity index is 980. The second-order valence-corrected chi connectivity index (χ2v) is 10.3. The van der Waals surface area contributed by atoms with Gasteiger partial charge in [-0.05, 0) is 55.5 Å². The third-order valence-electron chi connectivity index (χ3n) is 4.79. The lowest BCUT2D eigenvalue weighted by atomic mass is 10.1. The number of carbonyl (C=O) groups is 1. The minimum Gasteiger partial charge on any atom is -0.338 e. The molecule has 0 saturated heterocycles. The summed E-state index contributed by atoms with van der Waals surface area (Å²) in [7, 11) is -3.68. The molecule has 0 unspecified atom stereocenters. The molecule has 1 saturated carbocycles. The molecule has 1 N–H and O–H groups in total. The van der Waals surface area contributed by atoms with E-state index in [2.05, 4.69) is 4.72 Å². The summed E-state index contributed by atoms with van der Waals surface area (Å²) in [6, 6.07) is 6.82. The minimum absolute atomic E-state index is 0.186. The Kier molecular flexibility index (Phi) is 4.49. The Morgan fingerprint density at radius 3 is 2.81 bits per heavy atom. The standard InChI is InChI=1S/C18H19ClN2O3S2/c1-11-2-5-14(19)9-15(11)20-26(23,24)17-8-13-10-21(7-6-16(13)25-17)18(22)12-3-4-12/h2,5,8-9,12,20H,3-4,6-7,10H2,1H3. The third-order valence-corrected chi connectivity index (χ3v) is 8.10. The van der Waals surface area contributed by atoms with Gasteiger partial charge in [0.15, 0.2) is 0 Å². The average molecular weight is 411 g/mol. The number of carbonyl (C=O) groups excluding carboxylic acids is 1. The van der Waals surface area contributed by atoms with Crippen LogP contribution in [0.5, 0.6) is 0 Å². The lowest BCUT2D eigenvalue weighted by Gasteiger charge is -2.26. The highest BCUT2D eigenvalue weighted by atomic mass is 35.5. The number of aryl methyl sites for hydroxylation is 1. The zero-order valence-electron chi connectivity index (χ0n) is 14.3. The zero-order chi connectivity index (χ0) is 18.5. The van der Waals surface area contributed by atoms with E-state index in [0.29, 0.717) is 30.2 Å². The number of sulfonamides is 1. The van der Waals surface area contributed by atoms with Crippen molar-refractivity contribution in [3.63, 3.8) is 0 Å². The third kappa shape index (κ3) is 3.48. The maximum Gasteiger partial charge on any atom is 0.271 e. The minimum atomic E-state index is -3.68. The summed E-state index contributed by atoms with van der Waals surface area (Å²) in [5, 5.41) is 0.480. The van der Waals surface area contributed by atoms with Crippen LogP contribution in [-0.2, 0) is 27.8 Å². The number of amides is 1. The molecule has 0 radical (unpaired) electrons. The molecule has 1 aromatic heterocycles. The number of anilines is 1. The second kappa shape index (κ2) is 6.55. The lowest BCUT2D eigenvalue weighted by Crippen LogP contribution is -2.36. The van der Waals surface area contributed by atoms with E-state index in [1.54, 1.807) is 24.3 Å². The fraction of sp³-hybridized carbons (Fsp3) is 0.389. The second-order valence-electron chi connectivity index (χ2n) is 6.86. The summed E-state index contributed by atoms with van der Waals surface area (Å²) < 4.78 is 28.5. The van der Waals surface area contributed by atoms with E-state index >= 15 is 0 Å². The summed E-state index contributed by atoms with van der Waals surface area (Å²) in [5.41, 5.74) is 2.23. The smallest absolute Gasteiger partial charge is 0.271 e. The number of hydrogen-bond donors (Lipinski definition) is 1. The average Bonchev–Trinajstić information content (AvgIpc) is 3.35. The molecule has 138 valence electrons. The first-order chi connectivity index (χ1) is 12.3. The fourth-order valence-corrected chi connectivity index (χ4v) is 5.95. The maximum atomic E-state index is 12.8. The monoisotopic (exact) mass is 410 g/mol. The van der Waals surface area contributed by atoms with Gasteiger partial charge in [-0.25, -0.2) is 8.42 Å². The topological polar surface area (TPSA) is 66.5 Å². The van der Waals surface area contributed by atoms with Crippen molar-refractivity contribution in [2.24, 2.45) is 5.92 Å². The molecule has 0 atom stereocenters. The Labute approximate surface area is 162 Å². The van der Waals surface area contributed by atoms with Crippen molar-refractivity contribution in [1.82, 2.24) is 4.90 Å². The van der Waals surface area contributed by atoms with Gasteiger partial charge in [0.1, 0.15) is 4.21 Å². The van der Waals surface area contributed by atoms with Crippen LogP contribution in [0.25, 0.3) is 0 Å². The first kappa shape index (κ1) is 17.8. The van der Waals surface area contributed by atoms with Crippen LogP contribution < -0.4 is 4.72 Å². The molecule has 0 spiro atoms. The van der Waals surface area contributed by atoms with E-state index < -0.39 is 10.0 Å². The van der Waals surface area contributed by atoms with Gasteiger partial charge in [-0.15, -0.1) is 11.3 Å². The molecule has 4 rings (SSSR count). The van der Waals surface area contributed by atoms with Gasteiger partial charge >= 0.3 is 0 Å². The number of benzene rings is 1. The molecule has 1 amide bonds. The van der Waals surface area contributed by atoms with E-state index in [-0.39, 0.29) is 16.0 Å². The molecule has 1 aromatic carbocycles. The molecule has 2 heterocycles. The highest BCUT2D eigenvalue weighted by Crippen LogP contribution is 2.36. The molecule has 2 aromatic rings. The number of hydrogen-bond acceptors (Lipinski definition) is 4. The van der Waals surface area contributed by atoms with Crippen LogP contribution in [0.4, 0.5) is 5.69 Å². The number of fused-ring (bicyclic) bond motifs is 1. The van der Waals surface area contributed by atoms with Gasteiger partial charge in [-0.3, -0.25) is 9.52 Å². The van der Waals surface area contributed by atoms with Crippen molar-refractivity contribution in [3.05, 3.63) is 45.3 Å². The molecule has 8 heteroatoms. The molecule has 2 aliphatic rings. The summed E-state index contributed by atoms with van der Waals surface area (Å²) in [6.07, 6.45) is 2.67. The quantitative estimate of drug-likeness (QED) is 0.833. The normalized spacial score (nSPS) is 17.1. The van der Waals surface area contributed by atoms with Crippen molar-refractivity contribution in [2.45, 2.75) is 36.9 Å². The number of rotatable bonds is 4. The first-order valence-electron chi connectivity index (χ1n) is 8.53. The zero-order valence-corrected chi connectivity index (χ0v) is 16.7. The van der Waals surface area contributed by atoms with Crippen LogP contribution in [0.2, 0.25) is 5.02 Å². The van der Waals surface area contributed by atoms with E-state index in [0.717, 1.165) is 28.8 Å². The van der Waals surface area contributed by atoms with Crippen LogP contribution in [0.3, 0.4) is 0 Å². The van der Waals surface area contributed by atoms with Crippen molar-refractivity contribution < 1.29 is 13.2 Å². The molecule has 1 aliphatic heterocycles. The highest BCUT2D eigenvalue weighted by Gasteiger charge is 2.35. The Morgan fingerprint density at radius 2 is 2.08 bits per heavy atom. The Balaban J connectivity index is 1.57. The maximum absolute atomic E-state index is 12.8. The van der Waals surface area contributed by atoms with Gasteiger partial charge < -0.3 is 4.90 Å². The predicted octanol–water partition coefficient (Wildman–Crippen LogP) is 3.81. The van der Waals surface area contributed by atoms with Gasteiger partial charge in [-0.1, -0.05) is 17.7 Å². The van der Waals surface area contributed by atoms with Crippen molar-refractivity contribution >= 4 is 44.6 Å². The lowest BCUT2D eigenvalue weighted by molar-refractivity contribution is -0.133. The van der Waals surface area contributed by atoms with E-state index in [9.17, 15) is 13.2 Å². The van der Waals surface area contributed by atoms with E-state index in [4.69, 9.17) is 11.6 Å². The summed E-state index contributed by atoms with van der Waals surface area (Å²) in [5.74, 6) is 0.393. The van der Waals surface area contributed by atoms with E-state index in [1.165, 1.54) is 11.3 Å². The van der Waals surface area contributed by atoms with Gasteiger partial charge in [-0.2, -0.15) is 0 Å². The Hall–Kier alpha value is -1.57. The molecule has 5 nitrogen and oxygen atoms in total. The molecular weight excluding hydrogens is 392 g/mol. The van der Waals surface area contributed by atoms with Gasteiger partial charge in [0, 0.05) is 28.9 Å². The Morgan fingerprint density at radius 1 is 1.31 bits per heavy atom. The molecule has 1 aliphatic carbocycles. The molecule has 26 heavy (non-hydrogen) atoms. The first-order valence-corrected chi connectivity index (χ1v) is 11.2. The van der Waals surface area contributed by atoms with Crippen LogP contribution in [0.1, 0.15) is 28.8 Å². The number of thiophene rings is 1. The van der Waals surface area contributed by atoms with Crippen LogP contribution in [0, 0.1) is 12.8 Å². The van der Waals surface area contributed by atoms with Crippen LogP contribution in [-0.4, -0.2) is 25.8 Å². The van der Waals surface area contributed by atoms with Crippen molar-refractivity contribution in [1.29, 1.82) is 0 Å². The van der Waals surface area contributed by atoms with Gasteiger partial charge in [0.05, 0.1) is 5.69 Å². The van der Waals surface area contributed by atoms with Gasteiger partial charge in [0.2, 0.25) is 5.91 Å². The summed E-state index contributed by atoms with van der Waals surface area (Å²) in [6.45, 7) is 3.01.